The summed E-state index contributed by atoms with van der Waals surface area (Å²) in [6, 6.07) is 17.5. The van der Waals surface area contributed by atoms with Crippen LogP contribution in [-0.4, -0.2) is 41.6 Å². The Morgan fingerprint density at radius 2 is 1.71 bits per heavy atom. The summed E-state index contributed by atoms with van der Waals surface area (Å²) >= 11 is 0. The number of hydrogen-bond donors (Lipinski definition) is 1. The number of phenols is 1. The van der Waals surface area contributed by atoms with Crippen molar-refractivity contribution in [3.8, 4) is 5.75 Å². The molecule has 0 saturated carbocycles. The average molecular weight is 456 g/mol. The third kappa shape index (κ3) is 3.54. The Balaban J connectivity index is 0.00000104. The Hall–Kier alpha value is -0.880. The average Bonchev–Trinajstić information content (AvgIpc) is 2.54. The first-order valence-corrected chi connectivity index (χ1v) is 8.03. The number of nitrogens with zero attached hydrogens (tertiary/aromatic N) is 2. The van der Waals surface area contributed by atoms with Crippen LogP contribution in [0.2, 0.25) is 0 Å². The molecule has 0 radical (unpaired) electrons. The zero-order valence-corrected chi connectivity index (χ0v) is 17.2. The van der Waals surface area contributed by atoms with Crippen LogP contribution in [0.4, 0.5) is 0 Å². The lowest BCUT2D eigenvalue weighted by Crippen LogP contribution is -2.50. The molecule has 3 nitrogen and oxygen atoms in total. The van der Waals surface area contributed by atoms with Gasteiger partial charge in [-0.25, -0.2) is 0 Å². The van der Waals surface area contributed by atoms with Crippen LogP contribution in [0, 0.1) is 0 Å². The highest BCUT2D eigenvalue weighted by atomic mass is 79.9. The number of benzene rings is 2. The maximum atomic E-state index is 9.87. The zero-order chi connectivity index (χ0) is 15.1. The van der Waals surface area contributed by atoms with Crippen LogP contribution in [-0.2, 0) is 6.42 Å². The molecule has 1 saturated heterocycles. The molecule has 0 amide bonds. The van der Waals surface area contributed by atoms with Crippen molar-refractivity contribution in [3.05, 3.63) is 65.2 Å². The summed E-state index contributed by atoms with van der Waals surface area (Å²) in [4.78, 5) is 5.06. The Labute approximate surface area is 164 Å². The Morgan fingerprint density at radius 1 is 0.958 bits per heavy atom. The zero-order valence-electron chi connectivity index (χ0n) is 13.8. The Kier molecular flexibility index (Phi) is 6.48. The van der Waals surface area contributed by atoms with Crippen LogP contribution in [0.3, 0.4) is 0 Å². The largest absolute Gasteiger partial charge is 0.508 e. The van der Waals surface area contributed by atoms with Crippen molar-refractivity contribution < 1.29 is 5.11 Å². The second-order valence-electron chi connectivity index (χ2n) is 6.53. The smallest absolute Gasteiger partial charge is 0.115 e. The minimum atomic E-state index is 0. The van der Waals surface area contributed by atoms with Crippen molar-refractivity contribution in [2.45, 2.75) is 18.5 Å². The lowest BCUT2D eigenvalue weighted by molar-refractivity contribution is 0.0403. The second kappa shape index (κ2) is 8.00. The number of piperazine rings is 1. The molecule has 130 valence electrons. The molecule has 1 fully saturated rings. The summed E-state index contributed by atoms with van der Waals surface area (Å²) in [6.45, 7) is 3.27. The summed E-state index contributed by atoms with van der Waals surface area (Å²) < 4.78 is 0. The van der Waals surface area contributed by atoms with E-state index >= 15 is 0 Å². The molecule has 4 rings (SSSR count). The molecule has 0 aromatic heterocycles. The fourth-order valence-electron chi connectivity index (χ4n) is 3.99. The van der Waals surface area contributed by atoms with Gasteiger partial charge in [0.2, 0.25) is 0 Å². The summed E-state index contributed by atoms with van der Waals surface area (Å²) in [5.74, 6) is 0.378. The van der Waals surface area contributed by atoms with E-state index in [2.05, 4.69) is 53.2 Å². The van der Waals surface area contributed by atoms with E-state index in [-0.39, 0.29) is 34.0 Å². The highest BCUT2D eigenvalue weighted by Gasteiger charge is 2.37. The monoisotopic (exact) mass is 454 g/mol. The van der Waals surface area contributed by atoms with Crippen molar-refractivity contribution in [3.63, 3.8) is 0 Å². The van der Waals surface area contributed by atoms with E-state index in [9.17, 15) is 5.11 Å². The summed E-state index contributed by atoms with van der Waals surface area (Å²) in [7, 11) is 2.20. The number of phenolic OH excluding ortho intramolecular Hbond substituents is 1. The van der Waals surface area contributed by atoms with Gasteiger partial charge in [0.1, 0.15) is 5.75 Å². The highest BCUT2D eigenvalue weighted by Crippen LogP contribution is 2.42. The molecular formula is C19H24Br2N2O. The van der Waals surface area contributed by atoms with Gasteiger partial charge in [-0.2, -0.15) is 0 Å². The number of likely N-dealkylation sites (N-methyl/N-ethyl adjacent to an activating group) is 1. The number of aromatic hydroxyl groups is 1. The van der Waals surface area contributed by atoms with Gasteiger partial charge in [-0.1, -0.05) is 36.4 Å². The van der Waals surface area contributed by atoms with Crippen LogP contribution in [0.1, 0.15) is 28.8 Å². The normalized spacial score (nSPS) is 23.4. The quantitative estimate of drug-likeness (QED) is 0.700. The molecule has 0 spiro atoms. The summed E-state index contributed by atoms with van der Waals surface area (Å²) in [5.41, 5.74) is 4.06. The molecule has 2 atom stereocenters. The third-order valence-corrected chi connectivity index (χ3v) is 5.11. The molecule has 0 aliphatic carbocycles. The van der Waals surface area contributed by atoms with E-state index in [1.165, 1.54) is 16.7 Å². The van der Waals surface area contributed by atoms with Gasteiger partial charge >= 0.3 is 0 Å². The Morgan fingerprint density at radius 3 is 2.46 bits per heavy atom. The first kappa shape index (κ1) is 19.4. The van der Waals surface area contributed by atoms with Gasteiger partial charge in [-0.05, 0) is 42.3 Å². The number of fused-ring (bicyclic) bond motifs is 3. The van der Waals surface area contributed by atoms with E-state index in [4.69, 9.17) is 0 Å². The van der Waals surface area contributed by atoms with Crippen molar-refractivity contribution >= 4 is 34.0 Å². The molecule has 0 unspecified atom stereocenters. The van der Waals surface area contributed by atoms with Crippen molar-refractivity contribution in [1.82, 2.24) is 9.80 Å². The van der Waals surface area contributed by atoms with E-state index in [1.807, 2.05) is 12.1 Å². The number of halogens is 2. The summed E-state index contributed by atoms with van der Waals surface area (Å²) in [5, 5.41) is 9.87. The predicted molar refractivity (Wildman–Crippen MR) is 109 cm³/mol. The van der Waals surface area contributed by atoms with Gasteiger partial charge in [0.25, 0.3) is 0 Å². The lowest BCUT2D eigenvalue weighted by atomic mass is 9.84. The van der Waals surface area contributed by atoms with Crippen LogP contribution >= 0.6 is 34.0 Å². The van der Waals surface area contributed by atoms with E-state index < -0.39 is 0 Å². The van der Waals surface area contributed by atoms with Gasteiger partial charge < -0.3 is 10.0 Å². The minimum Gasteiger partial charge on any atom is -0.508 e. The van der Waals surface area contributed by atoms with E-state index in [1.54, 1.807) is 0 Å². The lowest BCUT2D eigenvalue weighted by Gasteiger charge is -2.48. The van der Waals surface area contributed by atoms with Crippen LogP contribution in [0.25, 0.3) is 0 Å². The van der Waals surface area contributed by atoms with Crippen molar-refractivity contribution in [2.75, 3.05) is 26.7 Å². The summed E-state index contributed by atoms with van der Waals surface area (Å²) in [6.07, 6.45) is 0.980. The van der Waals surface area contributed by atoms with Crippen molar-refractivity contribution in [2.24, 2.45) is 0 Å². The molecule has 2 heterocycles. The maximum Gasteiger partial charge on any atom is 0.115 e. The molecule has 2 aliphatic heterocycles. The van der Waals surface area contributed by atoms with Gasteiger partial charge in [-0.3, -0.25) is 4.90 Å². The second-order valence-corrected chi connectivity index (χ2v) is 6.53. The molecule has 2 aromatic rings. The number of hydrogen-bond acceptors (Lipinski definition) is 3. The van der Waals surface area contributed by atoms with E-state index in [0.29, 0.717) is 17.8 Å². The van der Waals surface area contributed by atoms with Crippen molar-refractivity contribution in [1.29, 1.82) is 0 Å². The fourth-order valence-corrected chi connectivity index (χ4v) is 3.99. The third-order valence-electron chi connectivity index (χ3n) is 5.11. The molecule has 1 N–H and O–H groups in total. The van der Waals surface area contributed by atoms with Crippen LogP contribution in [0.5, 0.6) is 5.75 Å². The minimum absolute atomic E-state index is 0. The van der Waals surface area contributed by atoms with E-state index in [0.717, 1.165) is 26.1 Å². The fraction of sp³-hybridized carbons (Fsp3) is 0.368. The van der Waals surface area contributed by atoms with Gasteiger partial charge in [0, 0.05) is 31.7 Å². The molecule has 2 aromatic carbocycles. The first-order chi connectivity index (χ1) is 10.7. The molecule has 2 aliphatic rings. The Bertz CT molecular complexity index is 680. The number of rotatable bonds is 1. The van der Waals surface area contributed by atoms with Crippen LogP contribution < -0.4 is 0 Å². The van der Waals surface area contributed by atoms with Crippen LogP contribution in [0.15, 0.2) is 48.5 Å². The first-order valence-electron chi connectivity index (χ1n) is 8.03. The standard InChI is InChI=1S/C19H22N2O.2BrH/c1-20-9-10-21-18(14-5-3-2-4-6-14)12-15-11-16(22)7-8-17(15)19(21)13-20;;/h2-8,11,18-19,22H,9-10,12-13H2,1H3;2*1H/t18-,19-;;/m0../s1. The topological polar surface area (TPSA) is 26.7 Å². The van der Waals surface area contributed by atoms with Gasteiger partial charge in [0.05, 0.1) is 0 Å². The predicted octanol–water partition coefficient (Wildman–Crippen LogP) is 4.13. The molecular weight excluding hydrogens is 432 g/mol. The maximum absolute atomic E-state index is 9.87. The molecule has 24 heavy (non-hydrogen) atoms. The van der Waals surface area contributed by atoms with Gasteiger partial charge in [0.15, 0.2) is 0 Å². The highest BCUT2D eigenvalue weighted by molar-refractivity contribution is 8.93. The molecule has 0 bridgehead atoms. The SMILES string of the molecule is Br.Br.CN1CCN2[C@H](c3ccccc3)Cc3cc(O)ccc3[C@@H]2C1. The van der Waals surface area contributed by atoms with Gasteiger partial charge in [-0.15, -0.1) is 34.0 Å². The molecule has 5 heteroatoms.